The standard InChI is InChI=1S/C22H24N6O/c1-15-19(5-6-21(25-15)28-13-23-24-14-28)17-3-2-4-18(11-17)22(29)26-20-12-27-9-7-16(20)8-10-27/h2-6,11,13-14,16,20H,7-10,12H2,1H3,(H,26,29)/t20-/m0/s1. The Kier molecular flexibility index (Phi) is 4.60. The molecule has 3 aliphatic heterocycles. The number of carbonyl (C=O) groups excluding carboxylic acids is 1. The van der Waals surface area contributed by atoms with E-state index < -0.39 is 0 Å². The number of nitrogens with one attached hydrogen (secondary N) is 1. The summed E-state index contributed by atoms with van der Waals surface area (Å²) in [6.07, 6.45) is 5.63. The molecule has 7 nitrogen and oxygen atoms in total. The van der Waals surface area contributed by atoms with Crippen LogP contribution in [-0.2, 0) is 0 Å². The Balaban J connectivity index is 1.36. The molecule has 0 saturated carbocycles. The number of fused-ring (bicyclic) bond motifs is 3. The second-order valence-corrected chi connectivity index (χ2v) is 7.97. The highest BCUT2D eigenvalue weighted by atomic mass is 16.1. The zero-order chi connectivity index (χ0) is 19.8. The third kappa shape index (κ3) is 3.53. The van der Waals surface area contributed by atoms with Gasteiger partial charge in [0.15, 0.2) is 0 Å². The van der Waals surface area contributed by atoms with Gasteiger partial charge in [-0.25, -0.2) is 4.98 Å². The van der Waals surface area contributed by atoms with Gasteiger partial charge in [-0.15, -0.1) is 10.2 Å². The van der Waals surface area contributed by atoms with E-state index in [0.29, 0.717) is 11.5 Å². The summed E-state index contributed by atoms with van der Waals surface area (Å²) in [5, 5.41) is 10.9. The summed E-state index contributed by atoms with van der Waals surface area (Å²) in [6.45, 7) is 5.29. The van der Waals surface area contributed by atoms with Crippen LogP contribution < -0.4 is 5.32 Å². The second kappa shape index (κ2) is 7.40. The van der Waals surface area contributed by atoms with Gasteiger partial charge in [0, 0.05) is 29.4 Å². The van der Waals surface area contributed by atoms with E-state index >= 15 is 0 Å². The summed E-state index contributed by atoms with van der Waals surface area (Å²) in [4.78, 5) is 20.0. The SMILES string of the molecule is Cc1nc(-n2cnnc2)ccc1-c1cccc(C(=O)N[C@H]2CN3CCC2CC3)c1. The van der Waals surface area contributed by atoms with Crippen LogP contribution >= 0.6 is 0 Å². The third-order valence-electron chi connectivity index (χ3n) is 6.16. The first-order valence-electron chi connectivity index (χ1n) is 10.1. The lowest BCUT2D eigenvalue weighted by atomic mass is 9.84. The predicted molar refractivity (Wildman–Crippen MR) is 110 cm³/mol. The fourth-order valence-electron chi connectivity index (χ4n) is 4.52. The van der Waals surface area contributed by atoms with Crippen LogP contribution in [0, 0.1) is 12.8 Å². The number of hydrogen-bond donors (Lipinski definition) is 1. The molecule has 3 fully saturated rings. The number of amides is 1. The van der Waals surface area contributed by atoms with Crippen LogP contribution in [0.25, 0.3) is 16.9 Å². The number of nitrogens with zero attached hydrogens (tertiary/aromatic N) is 5. The molecule has 29 heavy (non-hydrogen) atoms. The minimum absolute atomic E-state index is 0.0114. The van der Waals surface area contributed by atoms with E-state index in [1.165, 1.54) is 25.9 Å². The maximum absolute atomic E-state index is 12.9. The summed E-state index contributed by atoms with van der Waals surface area (Å²) < 4.78 is 1.77. The molecule has 6 rings (SSSR count). The molecule has 1 amide bonds. The Morgan fingerprint density at radius 1 is 1.10 bits per heavy atom. The predicted octanol–water partition coefficient (Wildman–Crippen LogP) is 2.46. The van der Waals surface area contributed by atoms with Gasteiger partial charge in [-0.1, -0.05) is 12.1 Å². The highest BCUT2D eigenvalue weighted by Crippen LogP contribution is 2.28. The lowest BCUT2D eigenvalue weighted by Crippen LogP contribution is -2.57. The van der Waals surface area contributed by atoms with Crippen LogP contribution in [0.2, 0.25) is 0 Å². The second-order valence-electron chi connectivity index (χ2n) is 7.97. The first kappa shape index (κ1) is 18.0. The Morgan fingerprint density at radius 3 is 2.59 bits per heavy atom. The van der Waals surface area contributed by atoms with Crippen molar-refractivity contribution in [3.8, 4) is 16.9 Å². The van der Waals surface area contributed by atoms with Crippen molar-refractivity contribution >= 4 is 5.91 Å². The van der Waals surface area contributed by atoms with Gasteiger partial charge in [-0.3, -0.25) is 9.36 Å². The van der Waals surface area contributed by atoms with Gasteiger partial charge in [-0.2, -0.15) is 0 Å². The molecule has 1 atom stereocenters. The Morgan fingerprint density at radius 2 is 1.90 bits per heavy atom. The number of benzene rings is 1. The molecule has 1 N–H and O–H groups in total. The quantitative estimate of drug-likeness (QED) is 0.743. The molecule has 0 unspecified atom stereocenters. The van der Waals surface area contributed by atoms with Crippen molar-refractivity contribution < 1.29 is 4.79 Å². The number of aryl methyl sites for hydroxylation is 1. The van der Waals surface area contributed by atoms with E-state index in [1.54, 1.807) is 17.2 Å². The molecule has 0 radical (unpaired) electrons. The third-order valence-corrected chi connectivity index (χ3v) is 6.16. The van der Waals surface area contributed by atoms with Crippen LogP contribution in [-0.4, -0.2) is 56.2 Å². The summed E-state index contributed by atoms with van der Waals surface area (Å²) >= 11 is 0. The molecular weight excluding hydrogens is 364 g/mol. The van der Waals surface area contributed by atoms with Crippen molar-refractivity contribution in [2.45, 2.75) is 25.8 Å². The Bertz CT molecular complexity index is 1020. The summed E-state index contributed by atoms with van der Waals surface area (Å²) in [5.74, 6) is 1.40. The van der Waals surface area contributed by atoms with Gasteiger partial charge in [0.05, 0.1) is 0 Å². The van der Waals surface area contributed by atoms with Crippen LogP contribution in [0.4, 0.5) is 0 Å². The van der Waals surface area contributed by atoms with E-state index in [-0.39, 0.29) is 11.9 Å². The number of pyridine rings is 1. The van der Waals surface area contributed by atoms with Crippen LogP contribution in [0.5, 0.6) is 0 Å². The van der Waals surface area contributed by atoms with Crippen LogP contribution in [0.1, 0.15) is 28.9 Å². The van der Waals surface area contributed by atoms with E-state index in [9.17, 15) is 4.79 Å². The molecule has 5 heterocycles. The van der Waals surface area contributed by atoms with Crippen LogP contribution in [0.15, 0.2) is 49.1 Å². The molecule has 3 saturated heterocycles. The fourth-order valence-corrected chi connectivity index (χ4v) is 4.52. The Hall–Kier alpha value is -3.06. The number of piperidine rings is 3. The van der Waals surface area contributed by atoms with Crippen molar-refractivity contribution in [3.05, 3.63) is 60.3 Å². The molecule has 0 aliphatic carbocycles. The average Bonchev–Trinajstić information content (AvgIpc) is 3.30. The number of hydrogen-bond acceptors (Lipinski definition) is 5. The van der Waals surface area contributed by atoms with E-state index in [0.717, 1.165) is 29.2 Å². The first-order chi connectivity index (χ1) is 14.2. The molecule has 3 aromatic rings. The maximum Gasteiger partial charge on any atom is 0.251 e. The van der Waals surface area contributed by atoms with Gasteiger partial charge >= 0.3 is 0 Å². The highest BCUT2D eigenvalue weighted by molar-refractivity contribution is 5.95. The minimum atomic E-state index is 0.0114. The lowest BCUT2D eigenvalue weighted by Gasteiger charge is -2.44. The average molecular weight is 388 g/mol. The minimum Gasteiger partial charge on any atom is -0.348 e. The molecule has 7 heteroatoms. The molecule has 0 spiro atoms. The van der Waals surface area contributed by atoms with Crippen molar-refractivity contribution in [1.82, 2.24) is 30.0 Å². The number of rotatable bonds is 4. The zero-order valence-electron chi connectivity index (χ0n) is 16.5. The van der Waals surface area contributed by atoms with E-state index in [2.05, 4.69) is 25.4 Å². The first-order valence-corrected chi connectivity index (χ1v) is 10.1. The van der Waals surface area contributed by atoms with Crippen molar-refractivity contribution in [1.29, 1.82) is 0 Å². The zero-order valence-corrected chi connectivity index (χ0v) is 16.5. The van der Waals surface area contributed by atoms with Crippen LogP contribution in [0.3, 0.4) is 0 Å². The molecule has 2 aromatic heterocycles. The van der Waals surface area contributed by atoms with Gasteiger partial charge in [-0.05, 0) is 68.6 Å². The monoisotopic (exact) mass is 388 g/mol. The maximum atomic E-state index is 12.9. The van der Waals surface area contributed by atoms with Crippen molar-refractivity contribution in [2.75, 3.05) is 19.6 Å². The fraction of sp³-hybridized carbons (Fsp3) is 0.364. The summed E-state index contributed by atoms with van der Waals surface area (Å²) in [7, 11) is 0. The van der Waals surface area contributed by atoms with Gasteiger partial charge < -0.3 is 10.2 Å². The largest absolute Gasteiger partial charge is 0.348 e. The van der Waals surface area contributed by atoms with E-state index in [1.807, 2.05) is 43.3 Å². The summed E-state index contributed by atoms with van der Waals surface area (Å²) in [6, 6.07) is 12.0. The van der Waals surface area contributed by atoms with Gasteiger partial charge in [0.25, 0.3) is 5.91 Å². The van der Waals surface area contributed by atoms with Gasteiger partial charge in [0.1, 0.15) is 18.5 Å². The molecular formula is C22H24N6O. The normalized spacial score (nSPS) is 23.1. The van der Waals surface area contributed by atoms with E-state index in [4.69, 9.17) is 0 Å². The molecule has 2 bridgehead atoms. The molecule has 3 aliphatic rings. The summed E-state index contributed by atoms with van der Waals surface area (Å²) in [5.41, 5.74) is 3.60. The highest BCUT2D eigenvalue weighted by Gasteiger charge is 2.34. The smallest absolute Gasteiger partial charge is 0.251 e. The van der Waals surface area contributed by atoms with Crippen molar-refractivity contribution in [2.24, 2.45) is 5.92 Å². The lowest BCUT2D eigenvalue weighted by molar-refractivity contribution is 0.0620. The number of aromatic nitrogens is 4. The van der Waals surface area contributed by atoms with Crippen molar-refractivity contribution in [3.63, 3.8) is 0 Å². The molecule has 148 valence electrons. The Labute approximate surface area is 169 Å². The topological polar surface area (TPSA) is 75.9 Å². The number of carbonyl (C=O) groups is 1. The van der Waals surface area contributed by atoms with Gasteiger partial charge in [0.2, 0.25) is 0 Å². The molecule has 1 aromatic carbocycles.